The highest BCUT2D eigenvalue weighted by molar-refractivity contribution is 7.80. The SMILES string of the molecule is CCNC(=S)N1CCN(C2CCCCC2)CC1. The molecule has 1 heterocycles. The molecule has 0 aromatic rings. The molecule has 17 heavy (non-hydrogen) atoms. The molecule has 1 aliphatic carbocycles. The summed E-state index contributed by atoms with van der Waals surface area (Å²) >= 11 is 5.36. The summed E-state index contributed by atoms with van der Waals surface area (Å²) in [5, 5.41) is 4.19. The third-order valence-electron chi connectivity index (χ3n) is 4.02. The standard InChI is InChI=1S/C13H25N3S/c1-2-14-13(17)16-10-8-15(9-11-16)12-6-4-3-5-7-12/h12H,2-11H2,1H3,(H,14,17). The van der Waals surface area contributed by atoms with Crippen LogP contribution in [0.5, 0.6) is 0 Å². The van der Waals surface area contributed by atoms with Crippen LogP contribution in [0.25, 0.3) is 0 Å². The minimum atomic E-state index is 0.860. The van der Waals surface area contributed by atoms with Gasteiger partial charge in [0.2, 0.25) is 0 Å². The summed E-state index contributed by atoms with van der Waals surface area (Å²) in [6, 6.07) is 0.860. The lowest BCUT2D eigenvalue weighted by atomic mass is 9.94. The van der Waals surface area contributed by atoms with Crippen LogP contribution < -0.4 is 5.32 Å². The van der Waals surface area contributed by atoms with Crippen molar-refractivity contribution in [3.8, 4) is 0 Å². The van der Waals surface area contributed by atoms with Crippen LogP contribution in [0.15, 0.2) is 0 Å². The first-order valence-electron chi connectivity index (χ1n) is 7.08. The molecule has 1 aliphatic heterocycles. The summed E-state index contributed by atoms with van der Waals surface area (Å²) in [6.45, 7) is 7.61. The fourth-order valence-electron chi connectivity index (χ4n) is 3.00. The Hall–Kier alpha value is -0.350. The van der Waals surface area contributed by atoms with Gasteiger partial charge < -0.3 is 10.2 Å². The van der Waals surface area contributed by atoms with Crippen molar-refractivity contribution in [3.05, 3.63) is 0 Å². The summed E-state index contributed by atoms with van der Waals surface area (Å²) in [5.74, 6) is 0. The Morgan fingerprint density at radius 3 is 2.35 bits per heavy atom. The molecular weight excluding hydrogens is 230 g/mol. The minimum absolute atomic E-state index is 0.860. The average Bonchev–Trinajstić information content (AvgIpc) is 2.40. The first-order chi connectivity index (χ1) is 8.31. The second kappa shape index (κ2) is 6.55. The molecule has 0 atom stereocenters. The maximum atomic E-state index is 5.36. The van der Waals surface area contributed by atoms with Gasteiger partial charge >= 0.3 is 0 Å². The molecule has 0 unspecified atom stereocenters. The second-order valence-electron chi connectivity index (χ2n) is 5.15. The predicted molar refractivity (Wildman–Crippen MR) is 76.3 cm³/mol. The molecule has 1 N–H and O–H groups in total. The van der Waals surface area contributed by atoms with Crippen molar-refractivity contribution in [2.45, 2.75) is 45.1 Å². The number of rotatable bonds is 2. The van der Waals surface area contributed by atoms with Gasteiger partial charge in [-0.25, -0.2) is 0 Å². The van der Waals surface area contributed by atoms with E-state index in [9.17, 15) is 0 Å². The topological polar surface area (TPSA) is 18.5 Å². The summed E-state index contributed by atoms with van der Waals surface area (Å²) in [4.78, 5) is 5.00. The Labute approximate surface area is 111 Å². The zero-order chi connectivity index (χ0) is 12.1. The van der Waals surface area contributed by atoms with Crippen LogP contribution in [0.1, 0.15) is 39.0 Å². The van der Waals surface area contributed by atoms with Crippen molar-refractivity contribution >= 4 is 17.3 Å². The molecule has 0 amide bonds. The van der Waals surface area contributed by atoms with E-state index in [1.165, 1.54) is 45.2 Å². The maximum absolute atomic E-state index is 5.36. The lowest BCUT2D eigenvalue weighted by Crippen LogP contribution is -2.54. The maximum Gasteiger partial charge on any atom is 0.169 e. The molecule has 1 saturated carbocycles. The highest BCUT2D eigenvalue weighted by Crippen LogP contribution is 2.23. The fourth-order valence-corrected chi connectivity index (χ4v) is 3.33. The van der Waals surface area contributed by atoms with E-state index in [4.69, 9.17) is 12.2 Å². The number of hydrogen-bond donors (Lipinski definition) is 1. The highest BCUT2D eigenvalue weighted by atomic mass is 32.1. The van der Waals surface area contributed by atoms with Gasteiger partial charge in [-0.3, -0.25) is 4.90 Å². The third-order valence-corrected chi connectivity index (χ3v) is 4.42. The molecule has 1 saturated heterocycles. The Bertz CT molecular complexity index is 243. The highest BCUT2D eigenvalue weighted by Gasteiger charge is 2.25. The van der Waals surface area contributed by atoms with Gasteiger partial charge in [-0.2, -0.15) is 0 Å². The van der Waals surface area contributed by atoms with E-state index < -0.39 is 0 Å². The molecule has 3 nitrogen and oxygen atoms in total. The summed E-state index contributed by atoms with van der Waals surface area (Å²) in [6.07, 6.45) is 7.14. The van der Waals surface area contributed by atoms with Gasteiger partial charge in [0.15, 0.2) is 5.11 Å². The smallest absolute Gasteiger partial charge is 0.169 e. The zero-order valence-corrected chi connectivity index (χ0v) is 11.8. The summed E-state index contributed by atoms with van der Waals surface area (Å²) in [5.41, 5.74) is 0. The van der Waals surface area contributed by atoms with Crippen LogP contribution in [0.3, 0.4) is 0 Å². The van der Waals surface area contributed by atoms with E-state index in [0.29, 0.717) is 0 Å². The molecule has 0 radical (unpaired) electrons. The Morgan fingerprint density at radius 1 is 1.12 bits per heavy atom. The Kier molecular flexibility index (Phi) is 5.04. The van der Waals surface area contributed by atoms with Crippen LogP contribution in [-0.2, 0) is 0 Å². The second-order valence-corrected chi connectivity index (χ2v) is 5.54. The van der Waals surface area contributed by atoms with Crippen molar-refractivity contribution in [3.63, 3.8) is 0 Å². The normalized spacial score (nSPS) is 23.7. The van der Waals surface area contributed by atoms with E-state index in [1.807, 2.05) is 0 Å². The van der Waals surface area contributed by atoms with Gasteiger partial charge in [0.05, 0.1) is 0 Å². The zero-order valence-electron chi connectivity index (χ0n) is 11.0. The summed E-state index contributed by atoms with van der Waals surface area (Å²) in [7, 11) is 0. The largest absolute Gasteiger partial charge is 0.363 e. The number of hydrogen-bond acceptors (Lipinski definition) is 2. The molecule has 0 spiro atoms. The van der Waals surface area contributed by atoms with Crippen LogP contribution in [0.4, 0.5) is 0 Å². The molecular formula is C13H25N3S. The molecule has 0 aromatic heterocycles. The molecule has 4 heteroatoms. The first-order valence-corrected chi connectivity index (χ1v) is 7.49. The van der Waals surface area contributed by atoms with Gasteiger partial charge in [0.1, 0.15) is 0 Å². The van der Waals surface area contributed by atoms with Crippen molar-refractivity contribution in [1.82, 2.24) is 15.1 Å². The number of thiocarbonyl (C=S) groups is 1. The fraction of sp³-hybridized carbons (Fsp3) is 0.923. The molecule has 2 aliphatic rings. The number of nitrogens with one attached hydrogen (secondary N) is 1. The molecule has 0 aromatic carbocycles. The number of nitrogens with zero attached hydrogens (tertiary/aromatic N) is 2. The molecule has 98 valence electrons. The Balaban J connectivity index is 1.75. The van der Waals surface area contributed by atoms with Crippen LogP contribution in [0.2, 0.25) is 0 Å². The molecule has 2 fully saturated rings. The Morgan fingerprint density at radius 2 is 1.76 bits per heavy atom. The summed E-state index contributed by atoms with van der Waals surface area (Å²) < 4.78 is 0. The molecule has 0 bridgehead atoms. The van der Waals surface area contributed by atoms with Gasteiger partial charge in [-0.05, 0) is 32.0 Å². The minimum Gasteiger partial charge on any atom is -0.363 e. The van der Waals surface area contributed by atoms with E-state index >= 15 is 0 Å². The number of piperazine rings is 1. The van der Waals surface area contributed by atoms with Crippen molar-refractivity contribution in [2.75, 3.05) is 32.7 Å². The first kappa shape index (κ1) is 13.1. The van der Waals surface area contributed by atoms with E-state index in [-0.39, 0.29) is 0 Å². The quantitative estimate of drug-likeness (QED) is 0.759. The lowest BCUT2D eigenvalue weighted by Gasteiger charge is -2.41. The van der Waals surface area contributed by atoms with E-state index in [1.54, 1.807) is 0 Å². The van der Waals surface area contributed by atoms with Crippen LogP contribution >= 0.6 is 12.2 Å². The van der Waals surface area contributed by atoms with Crippen molar-refractivity contribution in [1.29, 1.82) is 0 Å². The lowest BCUT2D eigenvalue weighted by molar-refractivity contribution is 0.107. The average molecular weight is 255 g/mol. The molecule has 2 rings (SSSR count). The van der Waals surface area contributed by atoms with E-state index in [0.717, 1.165) is 30.8 Å². The van der Waals surface area contributed by atoms with Crippen LogP contribution in [-0.4, -0.2) is 53.7 Å². The van der Waals surface area contributed by atoms with Gasteiger partial charge in [-0.15, -0.1) is 0 Å². The predicted octanol–water partition coefficient (Wildman–Crippen LogP) is 1.83. The third kappa shape index (κ3) is 3.55. The van der Waals surface area contributed by atoms with Crippen molar-refractivity contribution < 1.29 is 0 Å². The van der Waals surface area contributed by atoms with Gasteiger partial charge in [0, 0.05) is 38.8 Å². The monoisotopic (exact) mass is 255 g/mol. The van der Waals surface area contributed by atoms with Gasteiger partial charge in [-0.1, -0.05) is 19.3 Å². The van der Waals surface area contributed by atoms with Crippen LogP contribution in [0, 0.1) is 0 Å². The van der Waals surface area contributed by atoms with E-state index in [2.05, 4.69) is 22.0 Å². The van der Waals surface area contributed by atoms with Gasteiger partial charge in [0.25, 0.3) is 0 Å². The van der Waals surface area contributed by atoms with Crippen molar-refractivity contribution in [2.24, 2.45) is 0 Å².